The van der Waals surface area contributed by atoms with Crippen LogP contribution in [0.5, 0.6) is 0 Å². The SMILES string of the molecule is O=C(C1CCCCC1)N1CCC(NS(=O)(=O)c2ccccc2)CC1. The maximum Gasteiger partial charge on any atom is 0.240 e. The number of carbonyl (C=O) groups excluding carboxylic acids is 1. The second-order valence-electron chi connectivity index (χ2n) is 6.87. The molecule has 3 rings (SSSR count). The normalized spacial score (nSPS) is 20.9. The highest BCUT2D eigenvalue weighted by Gasteiger charge is 2.30. The highest BCUT2D eigenvalue weighted by Crippen LogP contribution is 2.26. The van der Waals surface area contributed by atoms with E-state index in [1.54, 1.807) is 30.3 Å². The average molecular weight is 350 g/mol. The zero-order valence-electron chi connectivity index (χ0n) is 14.0. The molecule has 1 N–H and O–H groups in total. The predicted octanol–water partition coefficient (Wildman–Crippen LogP) is 2.54. The Morgan fingerprint density at radius 2 is 1.58 bits per heavy atom. The predicted molar refractivity (Wildman–Crippen MR) is 92.9 cm³/mol. The fraction of sp³-hybridized carbons (Fsp3) is 0.611. The summed E-state index contributed by atoms with van der Waals surface area (Å²) in [6.07, 6.45) is 6.95. The number of piperidine rings is 1. The smallest absolute Gasteiger partial charge is 0.240 e. The first kappa shape index (κ1) is 17.4. The Kier molecular flexibility index (Phi) is 5.56. The van der Waals surface area contributed by atoms with Gasteiger partial charge in [-0.15, -0.1) is 0 Å². The quantitative estimate of drug-likeness (QED) is 0.907. The Morgan fingerprint density at radius 1 is 0.958 bits per heavy atom. The molecule has 0 unspecified atom stereocenters. The molecule has 1 saturated heterocycles. The standard InChI is InChI=1S/C18H26N2O3S/c21-18(15-7-3-1-4-8-15)20-13-11-16(12-14-20)19-24(22,23)17-9-5-2-6-10-17/h2,5-6,9-10,15-16,19H,1,3-4,7-8,11-14H2. The summed E-state index contributed by atoms with van der Waals surface area (Å²) in [6, 6.07) is 8.35. The molecular formula is C18H26N2O3S. The van der Waals surface area contributed by atoms with Gasteiger partial charge in [0.25, 0.3) is 0 Å². The molecule has 1 saturated carbocycles. The molecule has 2 fully saturated rings. The molecule has 0 bridgehead atoms. The first-order valence-electron chi connectivity index (χ1n) is 8.92. The molecule has 1 aromatic rings. The van der Waals surface area contributed by atoms with E-state index in [2.05, 4.69) is 4.72 Å². The molecule has 132 valence electrons. The number of sulfonamides is 1. The van der Waals surface area contributed by atoms with Crippen molar-refractivity contribution in [1.29, 1.82) is 0 Å². The topological polar surface area (TPSA) is 66.5 Å². The van der Waals surface area contributed by atoms with Crippen molar-refractivity contribution in [1.82, 2.24) is 9.62 Å². The van der Waals surface area contributed by atoms with E-state index in [0.29, 0.717) is 30.8 Å². The van der Waals surface area contributed by atoms with Crippen LogP contribution in [0.25, 0.3) is 0 Å². The van der Waals surface area contributed by atoms with Crippen LogP contribution in [-0.4, -0.2) is 38.4 Å². The minimum Gasteiger partial charge on any atom is -0.342 e. The fourth-order valence-electron chi connectivity index (χ4n) is 3.71. The number of likely N-dealkylation sites (tertiary alicyclic amines) is 1. The largest absolute Gasteiger partial charge is 0.342 e. The van der Waals surface area contributed by atoms with E-state index in [4.69, 9.17) is 0 Å². The van der Waals surface area contributed by atoms with Crippen molar-refractivity contribution in [3.63, 3.8) is 0 Å². The zero-order valence-corrected chi connectivity index (χ0v) is 14.8. The highest BCUT2D eigenvalue weighted by molar-refractivity contribution is 7.89. The van der Waals surface area contributed by atoms with Crippen LogP contribution in [0.4, 0.5) is 0 Å². The van der Waals surface area contributed by atoms with E-state index >= 15 is 0 Å². The van der Waals surface area contributed by atoms with Gasteiger partial charge in [-0.2, -0.15) is 0 Å². The number of nitrogens with one attached hydrogen (secondary N) is 1. The van der Waals surface area contributed by atoms with Crippen molar-refractivity contribution < 1.29 is 13.2 Å². The summed E-state index contributed by atoms with van der Waals surface area (Å²) in [5.41, 5.74) is 0. The maximum atomic E-state index is 12.6. The first-order chi connectivity index (χ1) is 11.6. The van der Waals surface area contributed by atoms with E-state index in [-0.39, 0.29) is 17.9 Å². The summed E-state index contributed by atoms with van der Waals surface area (Å²) < 4.78 is 27.5. The van der Waals surface area contributed by atoms with Gasteiger partial charge in [-0.25, -0.2) is 13.1 Å². The minimum absolute atomic E-state index is 0.0920. The number of hydrogen-bond acceptors (Lipinski definition) is 3. The Bertz CT molecular complexity index is 646. The highest BCUT2D eigenvalue weighted by atomic mass is 32.2. The summed E-state index contributed by atoms with van der Waals surface area (Å²) >= 11 is 0. The van der Waals surface area contributed by atoms with Crippen LogP contribution < -0.4 is 4.72 Å². The van der Waals surface area contributed by atoms with Crippen LogP contribution >= 0.6 is 0 Å². The van der Waals surface area contributed by atoms with Crippen LogP contribution in [0, 0.1) is 5.92 Å². The molecule has 6 heteroatoms. The van der Waals surface area contributed by atoms with Crippen LogP contribution in [0.3, 0.4) is 0 Å². The molecule has 5 nitrogen and oxygen atoms in total. The van der Waals surface area contributed by atoms with Crippen LogP contribution in [-0.2, 0) is 14.8 Å². The van der Waals surface area contributed by atoms with E-state index < -0.39 is 10.0 Å². The lowest BCUT2D eigenvalue weighted by molar-refractivity contribution is -0.137. The second-order valence-corrected chi connectivity index (χ2v) is 8.58. The van der Waals surface area contributed by atoms with Gasteiger partial charge in [-0.3, -0.25) is 4.79 Å². The Balaban J connectivity index is 1.52. The molecule has 0 atom stereocenters. The third-order valence-corrected chi connectivity index (χ3v) is 6.67. The molecule has 24 heavy (non-hydrogen) atoms. The van der Waals surface area contributed by atoms with Gasteiger partial charge in [0.15, 0.2) is 0 Å². The Hall–Kier alpha value is -1.40. The van der Waals surface area contributed by atoms with Crippen molar-refractivity contribution in [3.8, 4) is 0 Å². The summed E-state index contributed by atoms with van der Waals surface area (Å²) in [6.45, 7) is 1.30. The van der Waals surface area contributed by atoms with Crippen LogP contribution in [0.2, 0.25) is 0 Å². The monoisotopic (exact) mass is 350 g/mol. The molecule has 2 aliphatic rings. The second kappa shape index (κ2) is 7.66. The van der Waals surface area contributed by atoms with Gasteiger partial charge in [0.1, 0.15) is 0 Å². The molecule has 1 aliphatic heterocycles. The van der Waals surface area contributed by atoms with Gasteiger partial charge in [0.05, 0.1) is 4.90 Å². The van der Waals surface area contributed by atoms with Crippen molar-refractivity contribution in [2.75, 3.05) is 13.1 Å². The van der Waals surface area contributed by atoms with E-state index in [1.807, 2.05) is 4.90 Å². The molecular weight excluding hydrogens is 324 g/mol. The van der Waals surface area contributed by atoms with Crippen LogP contribution in [0.15, 0.2) is 35.2 Å². The van der Waals surface area contributed by atoms with Crippen molar-refractivity contribution in [2.24, 2.45) is 5.92 Å². The molecule has 0 aromatic heterocycles. The summed E-state index contributed by atoms with van der Waals surface area (Å²) in [7, 11) is -3.47. The van der Waals surface area contributed by atoms with Gasteiger partial charge in [-0.05, 0) is 37.8 Å². The van der Waals surface area contributed by atoms with E-state index in [9.17, 15) is 13.2 Å². The number of amides is 1. The zero-order chi connectivity index (χ0) is 17.0. The van der Waals surface area contributed by atoms with Gasteiger partial charge in [0, 0.05) is 25.0 Å². The number of hydrogen-bond donors (Lipinski definition) is 1. The molecule has 1 aliphatic carbocycles. The summed E-state index contributed by atoms with van der Waals surface area (Å²) in [4.78, 5) is 14.8. The van der Waals surface area contributed by atoms with Gasteiger partial charge >= 0.3 is 0 Å². The molecule has 1 heterocycles. The lowest BCUT2D eigenvalue weighted by Gasteiger charge is -2.35. The Morgan fingerprint density at radius 3 is 2.21 bits per heavy atom. The van der Waals surface area contributed by atoms with Crippen molar-refractivity contribution in [3.05, 3.63) is 30.3 Å². The average Bonchev–Trinajstić information content (AvgIpc) is 2.63. The third kappa shape index (κ3) is 4.16. The lowest BCUT2D eigenvalue weighted by Crippen LogP contribution is -2.48. The fourth-order valence-corrected chi connectivity index (χ4v) is 5.04. The first-order valence-corrected chi connectivity index (χ1v) is 10.4. The van der Waals surface area contributed by atoms with Crippen LogP contribution in [0.1, 0.15) is 44.9 Å². The minimum atomic E-state index is -3.47. The van der Waals surface area contributed by atoms with E-state index in [0.717, 1.165) is 25.7 Å². The maximum absolute atomic E-state index is 12.6. The van der Waals surface area contributed by atoms with Crippen molar-refractivity contribution >= 4 is 15.9 Å². The molecule has 1 amide bonds. The lowest BCUT2D eigenvalue weighted by atomic mass is 9.87. The van der Waals surface area contributed by atoms with Gasteiger partial charge in [-0.1, -0.05) is 37.5 Å². The van der Waals surface area contributed by atoms with E-state index in [1.165, 1.54) is 6.42 Å². The van der Waals surface area contributed by atoms with Crippen molar-refractivity contribution in [2.45, 2.75) is 55.9 Å². The van der Waals surface area contributed by atoms with Gasteiger partial charge < -0.3 is 4.90 Å². The third-order valence-electron chi connectivity index (χ3n) is 5.14. The summed E-state index contributed by atoms with van der Waals surface area (Å²) in [5.74, 6) is 0.468. The number of carbonyl (C=O) groups is 1. The number of rotatable bonds is 4. The molecule has 1 aromatic carbocycles. The molecule has 0 radical (unpaired) electrons. The van der Waals surface area contributed by atoms with Gasteiger partial charge in [0.2, 0.25) is 15.9 Å². The number of nitrogens with zero attached hydrogens (tertiary/aromatic N) is 1. The summed E-state index contributed by atoms with van der Waals surface area (Å²) in [5, 5.41) is 0. The Labute approximate surface area is 144 Å². The number of benzene rings is 1. The molecule has 0 spiro atoms.